The summed E-state index contributed by atoms with van der Waals surface area (Å²) in [5.74, 6) is 1.34. The molecule has 5 aromatic heterocycles. The topological polar surface area (TPSA) is 478 Å². The van der Waals surface area contributed by atoms with Crippen molar-refractivity contribution in [1.82, 2.24) is 85.0 Å². The number of aromatic nitrogens is 10. The molecule has 6 amide bonds. The zero-order valence-corrected chi connectivity index (χ0v) is 93.2. The van der Waals surface area contributed by atoms with E-state index in [0.717, 1.165) is 124 Å². The van der Waals surface area contributed by atoms with E-state index in [4.69, 9.17) is 47.8 Å². The van der Waals surface area contributed by atoms with Crippen LogP contribution in [0.25, 0.3) is 99.6 Å². The number of methoxy groups -OCH3 is 1. The molecule has 6 aliphatic heterocycles. The predicted octanol–water partition coefficient (Wildman–Crippen LogP) is 16.3. The highest BCUT2D eigenvalue weighted by molar-refractivity contribution is 7.92. The van der Waals surface area contributed by atoms with Gasteiger partial charge in [-0.2, -0.15) is 9.59 Å². The largest absolute Gasteiger partial charge is 0.494 e. The van der Waals surface area contributed by atoms with Gasteiger partial charge in [0, 0.05) is 42.7 Å². The van der Waals surface area contributed by atoms with E-state index in [1.165, 1.54) is 21.8 Å². The van der Waals surface area contributed by atoms with Gasteiger partial charge in [-0.3, -0.25) is 19.4 Å². The highest BCUT2D eigenvalue weighted by Gasteiger charge is 2.53. The second-order valence-corrected chi connectivity index (χ2v) is 62.3. The first-order valence-electron chi connectivity index (χ1n) is 50.1. The molecule has 37 nitrogen and oxygen atoms in total. The van der Waals surface area contributed by atoms with E-state index < -0.39 is 129 Å². The molecule has 0 radical (unpaired) electrons. The molecule has 794 valence electrons. The van der Waals surface area contributed by atoms with Crippen LogP contribution in [0.3, 0.4) is 0 Å². The van der Waals surface area contributed by atoms with Gasteiger partial charge in [-0.1, -0.05) is 163 Å². The van der Waals surface area contributed by atoms with E-state index in [1.807, 2.05) is 139 Å². The third-order valence-electron chi connectivity index (χ3n) is 28.0. The molecule has 6 aliphatic rings. The number of nitrogens with zero attached hydrogens (tertiary/aromatic N) is 10. The number of fused-ring (bicyclic) bond motifs is 6. The fraction of sp³-hybridized carbons (Fsp3) is 0.472. The lowest BCUT2D eigenvalue weighted by molar-refractivity contribution is -0.191. The van der Waals surface area contributed by atoms with Gasteiger partial charge in [-0.05, 0) is 200 Å². The SMILES string of the molecule is CC(C)(C)OC(=O)N1CCS(=O)(=O)C[C@H]1c1ncc(-c2ccc(-c3ccc4c(ccc5[nH]c([C@@H]6C[Si](C)(C)CN6C(=O)OC(C)(C)C)nc54)c3)cc2)[nH]1.CC(C)(C)OC(=O)N1CCS(=O)(=O)C[C@H]1c1ncc(-c2ccc(B3OC(C)(C)C(C)(C)O3)cc2)[nH]1.CN[C@H](C(=O)N1C[Si](C)(C)C[C@H]1c1nc2c(ccc3cc(-c4ccc(-c5cnc([C@@H]6CS(=O)(=O)CCN6C(=O)[C@@H](NC(=O)OC)C(C)C)[nH]5)cc4)ccc32)[nH]1)C(C)C.O=C=O. The van der Waals surface area contributed by atoms with Crippen molar-refractivity contribution in [2.75, 3.05) is 80.6 Å². The third kappa shape index (κ3) is 25.4. The monoisotopic (exact) mass is 2130 g/mol. The summed E-state index contributed by atoms with van der Waals surface area (Å²) in [7, 11) is -10.8. The van der Waals surface area contributed by atoms with Gasteiger partial charge in [0.1, 0.15) is 70.1 Å². The Morgan fingerprint density at radius 1 is 0.443 bits per heavy atom. The molecular weight excluding hydrogens is 1990 g/mol. The van der Waals surface area contributed by atoms with Crippen LogP contribution in [-0.2, 0) is 76.9 Å². The molecule has 12 aromatic rings. The number of alkyl carbamates (subject to hydrolysis) is 1. The number of imidazole rings is 5. The zero-order valence-electron chi connectivity index (χ0n) is 88.8. The Morgan fingerprint density at radius 3 is 1.13 bits per heavy atom. The lowest BCUT2D eigenvalue weighted by Gasteiger charge is -2.37. The Kier molecular flexibility index (Phi) is 31.6. The van der Waals surface area contributed by atoms with Crippen LogP contribution in [0.2, 0.25) is 38.3 Å². The van der Waals surface area contributed by atoms with E-state index >= 15 is 0 Å². The molecule has 43 heteroatoms. The molecule has 0 bridgehead atoms. The van der Waals surface area contributed by atoms with Crippen LogP contribution in [-0.4, -0.2) is 286 Å². The summed E-state index contributed by atoms with van der Waals surface area (Å²) in [6.07, 6.45) is 4.60. The van der Waals surface area contributed by atoms with Crippen molar-refractivity contribution in [2.24, 2.45) is 11.8 Å². The number of hydrogen-bond donors (Lipinski definition) is 7. The smallest absolute Gasteiger partial charge is 0.453 e. The summed E-state index contributed by atoms with van der Waals surface area (Å²) < 4.78 is 109. The van der Waals surface area contributed by atoms with E-state index in [1.54, 1.807) is 74.0 Å². The summed E-state index contributed by atoms with van der Waals surface area (Å²) in [6.45, 7) is 41.5. The van der Waals surface area contributed by atoms with Crippen LogP contribution in [0.5, 0.6) is 0 Å². The minimum atomic E-state index is -3.45. The highest BCUT2D eigenvalue weighted by Crippen LogP contribution is 2.45. The summed E-state index contributed by atoms with van der Waals surface area (Å²) in [6, 6.07) is 42.9. The molecule has 7 aromatic carbocycles. The molecule has 11 heterocycles. The number of hydrogen-bond acceptors (Lipinski definition) is 26. The maximum absolute atomic E-state index is 13.8. The Labute approximate surface area is 871 Å². The Balaban J connectivity index is 0.000000170. The molecule has 0 aliphatic carbocycles. The average Bonchev–Trinajstić information content (AvgIpc) is 1.61. The van der Waals surface area contributed by atoms with Crippen molar-refractivity contribution in [3.8, 4) is 56.0 Å². The lowest BCUT2D eigenvalue weighted by atomic mass is 9.79. The molecule has 18 rings (SSSR count). The first-order valence-corrected chi connectivity index (χ1v) is 62.4. The molecule has 7 atom stereocenters. The first kappa shape index (κ1) is 110. The van der Waals surface area contributed by atoms with Crippen molar-refractivity contribution in [3.05, 3.63) is 181 Å². The highest BCUT2D eigenvalue weighted by atomic mass is 32.2. The number of carbonyl (C=O) groups excluding carboxylic acids is 8. The number of amides is 6. The van der Waals surface area contributed by atoms with Crippen LogP contribution >= 0.6 is 0 Å². The van der Waals surface area contributed by atoms with Gasteiger partial charge >= 0.3 is 37.6 Å². The third-order valence-corrected chi connectivity index (χ3v) is 38.2. The van der Waals surface area contributed by atoms with Crippen molar-refractivity contribution in [1.29, 1.82) is 0 Å². The normalized spacial score (nSPS) is 20.6. The number of rotatable bonds is 17. The van der Waals surface area contributed by atoms with E-state index in [-0.39, 0.29) is 102 Å². The van der Waals surface area contributed by atoms with Crippen LogP contribution in [0.4, 0.5) is 19.2 Å². The molecule has 6 fully saturated rings. The molecule has 0 saturated carbocycles. The molecule has 7 N–H and O–H groups in total. The summed E-state index contributed by atoms with van der Waals surface area (Å²) in [4.78, 5) is 144. The summed E-state index contributed by atoms with van der Waals surface area (Å²) in [5.41, 5.74) is 10.5. The molecule has 6 saturated heterocycles. The lowest BCUT2D eigenvalue weighted by Crippen LogP contribution is -2.55. The predicted molar refractivity (Wildman–Crippen MR) is 576 cm³/mol. The van der Waals surface area contributed by atoms with E-state index in [9.17, 15) is 54.0 Å². The van der Waals surface area contributed by atoms with E-state index in [2.05, 4.69) is 150 Å². The minimum Gasteiger partial charge on any atom is -0.453 e. The molecule has 149 heavy (non-hydrogen) atoms. The maximum atomic E-state index is 13.8. The van der Waals surface area contributed by atoms with E-state index in [0.29, 0.717) is 34.6 Å². The zero-order chi connectivity index (χ0) is 108. The number of sulfone groups is 3. The Hall–Kier alpha value is -12.7. The summed E-state index contributed by atoms with van der Waals surface area (Å²) in [5, 5.41) is 10.0. The molecular formula is C106H136BN17O20S3Si2. The van der Waals surface area contributed by atoms with Crippen LogP contribution in [0.15, 0.2) is 152 Å². The Bertz CT molecular complexity index is 7410. The van der Waals surface area contributed by atoms with Gasteiger partial charge in [0.15, 0.2) is 29.5 Å². The van der Waals surface area contributed by atoms with Crippen LogP contribution < -0.4 is 16.1 Å². The number of benzene rings is 7. The number of likely N-dealkylation sites (N-methyl/N-ethyl adjacent to an activating group) is 1. The average molecular weight is 2130 g/mol. The Morgan fingerprint density at radius 2 is 0.772 bits per heavy atom. The van der Waals surface area contributed by atoms with Gasteiger partial charge in [0.25, 0.3) is 0 Å². The standard InChI is InChI=1S/C42H54N8O6SSi.C39H48N6O6SSi.C24H34BN3O6S.CO2/c1-24(2)35(43-5)40(51)50-23-58(7,8)22-34(50)39-45-31-16-14-29-19-28(13-15-30(29)37(31)47-39)26-9-11-27(12-10-26)32-20-44-38(46-32)33-21-57(54,55)18-17-49(33)41(52)36(25(3)4)48-42(53)56-6;1-38(2,3)50-36(46)44-17-18-52(48,49)21-31(44)34-40-20-30(42-34)25-11-9-24(10-12-25)26-13-15-28-27(19-26)14-16-29-33(28)43-35(41-29)32-22-53(7,8)23-45(32)37(47)51-39(4,5)6;1-22(2,3)32-21(29)28-12-13-35(30,31)15-19(28)20-26-14-18(27-20)16-8-10-17(11-9-16)25-33-23(4,5)24(6,7)34-25;2-1-3/h9-16,19-20,24-25,33-36,43H,17-18,21-23H2,1-8H3,(H,44,46)(H,45,47)(H,48,53);9-16,19-20,31-32H,17-18,21-23H2,1-8H3,(H,40,42)(H,41,43);8-11,14,19H,12-13,15H2,1-7H3,(H,26,27);/t33-,34-,35-,36-;31-,32-;19-;/m000./s1. The second-order valence-electron chi connectivity index (χ2n) is 45.5. The van der Waals surface area contributed by atoms with Crippen molar-refractivity contribution in [2.45, 2.75) is 226 Å². The number of nitrogens with one attached hydrogen (secondary N) is 7. The van der Waals surface area contributed by atoms with Crippen molar-refractivity contribution in [3.63, 3.8) is 0 Å². The number of carbonyl (C=O) groups is 6. The number of aromatic amines is 5. The molecule has 0 unspecified atom stereocenters. The summed E-state index contributed by atoms with van der Waals surface area (Å²) >= 11 is 0. The van der Waals surface area contributed by atoms with Gasteiger partial charge in [-0.25, -0.2) is 69.4 Å². The van der Waals surface area contributed by atoms with Crippen molar-refractivity contribution < 1.29 is 91.9 Å². The number of ether oxygens (including phenoxy) is 4. The van der Waals surface area contributed by atoms with Gasteiger partial charge in [0.2, 0.25) is 11.8 Å². The fourth-order valence-electron chi connectivity index (χ4n) is 19.8. The second kappa shape index (κ2) is 42.6. The van der Waals surface area contributed by atoms with Gasteiger partial charge in [0.05, 0.1) is 145 Å². The number of H-pyrrole nitrogens is 5. The van der Waals surface area contributed by atoms with Crippen molar-refractivity contribution >= 4 is 144 Å². The maximum Gasteiger partial charge on any atom is 0.494 e. The van der Waals surface area contributed by atoms with Gasteiger partial charge in [-0.15, -0.1) is 0 Å². The molecule has 0 spiro atoms. The first-order chi connectivity index (χ1) is 69.7. The van der Waals surface area contributed by atoms with Gasteiger partial charge < -0.3 is 78.5 Å². The van der Waals surface area contributed by atoms with Crippen LogP contribution in [0, 0.1) is 11.8 Å². The fourth-order valence-corrected chi connectivity index (χ4v) is 29.9. The minimum absolute atomic E-state index is 0.0170. The quantitative estimate of drug-likeness (QED) is 0.0329. The van der Waals surface area contributed by atoms with Crippen LogP contribution in [0.1, 0.15) is 177 Å².